The Hall–Kier alpha value is -1.30. The van der Waals surface area contributed by atoms with Gasteiger partial charge in [0.1, 0.15) is 18.1 Å². The fraction of sp³-hybridized carbons (Fsp3) is 0.625. The second kappa shape index (κ2) is 10.4. The summed E-state index contributed by atoms with van der Waals surface area (Å²) in [6.45, 7) is 6.49. The first-order chi connectivity index (χ1) is 10.2. The van der Waals surface area contributed by atoms with Crippen molar-refractivity contribution in [2.45, 2.75) is 26.3 Å². The van der Waals surface area contributed by atoms with Crippen molar-refractivity contribution in [3.63, 3.8) is 0 Å². The first-order valence-corrected chi connectivity index (χ1v) is 7.45. The van der Waals surface area contributed by atoms with Gasteiger partial charge in [0.2, 0.25) is 0 Å². The van der Waals surface area contributed by atoms with Crippen molar-refractivity contribution in [2.75, 3.05) is 40.1 Å². The molecule has 1 atom stereocenters. The van der Waals surface area contributed by atoms with Gasteiger partial charge in [0, 0.05) is 17.7 Å². The van der Waals surface area contributed by atoms with Gasteiger partial charge in [-0.05, 0) is 26.0 Å². The van der Waals surface area contributed by atoms with Crippen LogP contribution < -0.4 is 14.8 Å². The predicted molar refractivity (Wildman–Crippen MR) is 83.1 cm³/mol. The Labute approximate surface area is 127 Å². The lowest BCUT2D eigenvalue weighted by atomic mass is 10.1. The fourth-order valence-electron chi connectivity index (χ4n) is 1.97. The van der Waals surface area contributed by atoms with Crippen LogP contribution in [0, 0.1) is 0 Å². The Morgan fingerprint density at radius 1 is 1.24 bits per heavy atom. The standard InChI is InChI=1S/C16H27NO4/c1-4-7-17-13(2)15-6-5-14(19-3)12-16(15)21-11-10-20-9-8-18/h5-6,12-13,17-18H,4,7-11H2,1-3H3. The molecule has 0 saturated carbocycles. The highest BCUT2D eigenvalue weighted by Gasteiger charge is 2.12. The van der Waals surface area contributed by atoms with Crippen molar-refractivity contribution in [3.8, 4) is 11.5 Å². The number of ether oxygens (including phenoxy) is 3. The molecule has 0 aliphatic carbocycles. The third-order valence-electron chi connectivity index (χ3n) is 3.11. The summed E-state index contributed by atoms with van der Waals surface area (Å²) in [6.07, 6.45) is 1.09. The maximum atomic E-state index is 8.66. The second-order valence-electron chi connectivity index (χ2n) is 4.76. The van der Waals surface area contributed by atoms with E-state index in [0.717, 1.165) is 30.0 Å². The molecule has 120 valence electrons. The van der Waals surface area contributed by atoms with Crippen molar-refractivity contribution in [2.24, 2.45) is 0 Å². The third-order valence-corrected chi connectivity index (χ3v) is 3.11. The van der Waals surface area contributed by atoms with Crippen LogP contribution in [-0.2, 0) is 4.74 Å². The number of hydrogen-bond donors (Lipinski definition) is 2. The molecule has 21 heavy (non-hydrogen) atoms. The molecule has 0 spiro atoms. The predicted octanol–water partition coefficient (Wildman–Crippen LogP) is 2.14. The van der Waals surface area contributed by atoms with Crippen LogP contribution >= 0.6 is 0 Å². The van der Waals surface area contributed by atoms with E-state index in [1.165, 1.54) is 0 Å². The lowest BCUT2D eigenvalue weighted by Crippen LogP contribution is -2.20. The minimum Gasteiger partial charge on any atom is -0.497 e. The first-order valence-electron chi connectivity index (χ1n) is 7.45. The highest BCUT2D eigenvalue weighted by atomic mass is 16.5. The van der Waals surface area contributed by atoms with Gasteiger partial charge < -0.3 is 24.6 Å². The van der Waals surface area contributed by atoms with Crippen molar-refractivity contribution in [1.29, 1.82) is 0 Å². The number of rotatable bonds is 11. The van der Waals surface area contributed by atoms with E-state index in [1.54, 1.807) is 7.11 Å². The number of aliphatic hydroxyl groups is 1. The van der Waals surface area contributed by atoms with Crippen LogP contribution in [0.4, 0.5) is 0 Å². The first kappa shape index (κ1) is 17.8. The van der Waals surface area contributed by atoms with Crippen LogP contribution in [0.15, 0.2) is 18.2 Å². The number of aliphatic hydroxyl groups excluding tert-OH is 1. The summed E-state index contributed by atoms with van der Waals surface area (Å²) in [5.74, 6) is 1.57. The van der Waals surface area contributed by atoms with Gasteiger partial charge in [-0.15, -0.1) is 0 Å². The maximum Gasteiger partial charge on any atom is 0.127 e. The van der Waals surface area contributed by atoms with E-state index in [2.05, 4.69) is 19.2 Å². The monoisotopic (exact) mass is 297 g/mol. The maximum absolute atomic E-state index is 8.66. The summed E-state index contributed by atoms with van der Waals surface area (Å²) in [6, 6.07) is 6.07. The van der Waals surface area contributed by atoms with Gasteiger partial charge in [0.15, 0.2) is 0 Å². The Morgan fingerprint density at radius 2 is 2.05 bits per heavy atom. The van der Waals surface area contributed by atoms with Gasteiger partial charge in [-0.1, -0.05) is 13.0 Å². The topological polar surface area (TPSA) is 60.0 Å². The molecule has 0 aliphatic heterocycles. The second-order valence-corrected chi connectivity index (χ2v) is 4.76. The molecule has 0 aromatic heterocycles. The van der Waals surface area contributed by atoms with Crippen molar-refractivity contribution in [3.05, 3.63) is 23.8 Å². The fourth-order valence-corrected chi connectivity index (χ4v) is 1.97. The normalized spacial score (nSPS) is 12.2. The van der Waals surface area contributed by atoms with Gasteiger partial charge in [-0.25, -0.2) is 0 Å². The van der Waals surface area contributed by atoms with Gasteiger partial charge in [-0.2, -0.15) is 0 Å². The molecule has 5 nitrogen and oxygen atoms in total. The van der Waals surface area contributed by atoms with E-state index < -0.39 is 0 Å². The average Bonchev–Trinajstić information content (AvgIpc) is 2.52. The zero-order valence-electron chi connectivity index (χ0n) is 13.2. The molecule has 0 radical (unpaired) electrons. The molecule has 0 amide bonds. The Morgan fingerprint density at radius 3 is 2.71 bits per heavy atom. The van der Waals surface area contributed by atoms with E-state index in [9.17, 15) is 0 Å². The summed E-state index contributed by atoms with van der Waals surface area (Å²) in [4.78, 5) is 0. The van der Waals surface area contributed by atoms with Crippen LogP contribution in [0.25, 0.3) is 0 Å². The van der Waals surface area contributed by atoms with Gasteiger partial charge in [0.25, 0.3) is 0 Å². The van der Waals surface area contributed by atoms with Gasteiger partial charge >= 0.3 is 0 Å². The van der Waals surface area contributed by atoms with E-state index >= 15 is 0 Å². The summed E-state index contributed by atoms with van der Waals surface area (Å²) >= 11 is 0. The number of hydrogen-bond acceptors (Lipinski definition) is 5. The number of methoxy groups -OCH3 is 1. The summed E-state index contributed by atoms with van der Waals surface area (Å²) < 4.78 is 16.3. The van der Waals surface area contributed by atoms with Crippen LogP contribution in [0.3, 0.4) is 0 Å². The molecule has 0 saturated heterocycles. The van der Waals surface area contributed by atoms with Gasteiger partial charge in [0.05, 0.1) is 26.9 Å². The molecule has 1 unspecified atom stereocenters. The molecule has 1 rings (SSSR count). The SMILES string of the molecule is CCCNC(C)c1ccc(OC)cc1OCCOCCO. The summed E-state index contributed by atoms with van der Waals surface area (Å²) in [7, 11) is 1.64. The lowest BCUT2D eigenvalue weighted by Gasteiger charge is -2.19. The van der Waals surface area contributed by atoms with Gasteiger partial charge in [-0.3, -0.25) is 0 Å². The van der Waals surface area contributed by atoms with Crippen LogP contribution in [-0.4, -0.2) is 45.2 Å². The zero-order valence-corrected chi connectivity index (χ0v) is 13.2. The third kappa shape index (κ3) is 6.33. The molecule has 2 N–H and O–H groups in total. The van der Waals surface area contributed by atoms with E-state index in [4.69, 9.17) is 19.3 Å². The molecule has 1 aromatic carbocycles. The zero-order chi connectivity index (χ0) is 15.5. The molecule has 1 aromatic rings. The number of benzene rings is 1. The highest BCUT2D eigenvalue weighted by Crippen LogP contribution is 2.29. The Balaban J connectivity index is 2.67. The van der Waals surface area contributed by atoms with Crippen LogP contribution in [0.1, 0.15) is 31.9 Å². The molecular formula is C16H27NO4. The lowest BCUT2D eigenvalue weighted by molar-refractivity contribution is 0.0701. The van der Waals surface area contributed by atoms with Crippen molar-refractivity contribution in [1.82, 2.24) is 5.32 Å². The molecule has 0 fully saturated rings. The number of nitrogens with one attached hydrogen (secondary N) is 1. The molecule has 0 aliphatic rings. The Bertz CT molecular complexity index is 398. The average molecular weight is 297 g/mol. The molecule has 5 heteroatoms. The van der Waals surface area contributed by atoms with Crippen LogP contribution in [0.5, 0.6) is 11.5 Å². The largest absolute Gasteiger partial charge is 0.497 e. The minimum atomic E-state index is 0.0301. The van der Waals surface area contributed by atoms with Crippen molar-refractivity contribution >= 4 is 0 Å². The van der Waals surface area contributed by atoms with E-state index in [-0.39, 0.29) is 12.6 Å². The van der Waals surface area contributed by atoms with E-state index in [0.29, 0.717) is 19.8 Å². The quantitative estimate of drug-likeness (QED) is 0.613. The van der Waals surface area contributed by atoms with Crippen LogP contribution in [0.2, 0.25) is 0 Å². The molecule has 0 bridgehead atoms. The van der Waals surface area contributed by atoms with E-state index in [1.807, 2.05) is 18.2 Å². The molecular weight excluding hydrogens is 270 g/mol. The molecule has 0 heterocycles. The Kier molecular flexibility index (Phi) is 8.82. The minimum absolute atomic E-state index is 0.0301. The highest BCUT2D eigenvalue weighted by molar-refractivity contribution is 5.42. The summed E-state index contributed by atoms with van der Waals surface area (Å²) in [5.41, 5.74) is 1.10. The van der Waals surface area contributed by atoms with Crippen molar-refractivity contribution < 1.29 is 19.3 Å². The smallest absolute Gasteiger partial charge is 0.127 e. The summed E-state index contributed by atoms with van der Waals surface area (Å²) in [5, 5.41) is 12.1.